The third kappa shape index (κ3) is 4.83. The van der Waals surface area contributed by atoms with Crippen LogP contribution in [0, 0.1) is 5.92 Å². The van der Waals surface area contributed by atoms with E-state index in [4.69, 9.17) is 0 Å². The van der Waals surface area contributed by atoms with Gasteiger partial charge >= 0.3 is 0 Å². The van der Waals surface area contributed by atoms with Crippen LogP contribution >= 0.6 is 0 Å². The van der Waals surface area contributed by atoms with Crippen molar-refractivity contribution in [3.8, 4) is 0 Å². The summed E-state index contributed by atoms with van der Waals surface area (Å²) < 4.78 is 0. The molecule has 4 heteroatoms. The molecule has 0 spiro atoms. The maximum atomic E-state index is 12.1. The molecule has 21 heavy (non-hydrogen) atoms. The molecule has 1 saturated carbocycles. The van der Waals surface area contributed by atoms with E-state index in [2.05, 4.69) is 24.4 Å². The van der Waals surface area contributed by atoms with Gasteiger partial charge in [0.1, 0.15) is 0 Å². The molecule has 1 amide bonds. The zero-order valence-electron chi connectivity index (χ0n) is 13.0. The van der Waals surface area contributed by atoms with Crippen molar-refractivity contribution in [3.05, 3.63) is 35.9 Å². The van der Waals surface area contributed by atoms with Gasteiger partial charge in [-0.2, -0.15) is 0 Å². The molecule has 1 aromatic carbocycles. The minimum absolute atomic E-state index is 0.0710. The van der Waals surface area contributed by atoms with Crippen LogP contribution in [0.5, 0.6) is 0 Å². The van der Waals surface area contributed by atoms with Gasteiger partial charge in [-0.3, -0.25) is 9.69 Å². The summed E-state index contributed by atoms with van der Waals surface area (Å²) in [6, 6.07) is 10.4. The Morgan fingerprint density at radius 1 is 1.38 bits per heavy atom. The molecule has 1 aromatic rings. The molecule has 1 unspecified atom stereocenters. The zero-order valence-corrected chi connectivity index (χ0v) is 13.0. The first-order valence-corrected chi connectivity index (χ1v) is 7.78. The minimum Gasteiger partial charge on any atom is -0.393 e. The van der Waals surface area contributed by atoms with Gasteiger partial charge in [-0.05, 0) is 37.8 Å². The van der Waals surface area contributed by atoms with Gasteiger partial charge < -0.3 is 10.4 Å². The smallest absolute Gasteiger partial charge is 0.234 e. The van der Waals surface area contributed by atoms with Crippen LogP contribution in [0.4, 0.5) is 0 Å². The summed E-state index contributed by atoms with van der Waals surface area (Å²) in [5.41, 5.74) is 1.21. The lowest BCUT2D eigenvalue weighted by atomic mass is 9.76. The molecule has 116 valence electrons. The predicted octanol–water partition coefficient (Wildman–Crippen LogP) is 1.78. The van der Waals surface area contributed by atoms with Gasteiger partial charge in [0.15, 0.2) is 0 Å². The molecule has 2 N–H and O–H groups in total. The molecule has 0 aliphatic heterocycles. The molecule has 1 atom stereocenters. The number of aliphatic hydroxyl groups is 1. The largest absolute Gasteiger partial charge is 0.393 e. The van der Waals surface area contributed by atoms with E-state index in [9.17, 15) is 9.90 Å². The summed E-state index contributed by atoms with van der Waals surface area (Å²) in [7, 11) is 1.96. The van der Waals surface area contributed by atoms with E-state index in [1.165, 1.54) is 5.56 Å². The normalized spacial score (nSPS) is 22.7. The van der Waals surface area contributed by atoms with Crippen molar-refractivity contribution in [1.82, 2.24) is 10.2 Å². The molecule has 1 fully saturated rings. The molecule has 0 aromatic heterocycles. The molecular formula is C17H26N2O2. The van der Waals surface area contributed by atoms with E-state index < -0.39 is 0 Å². The number of hydrogen-bond donors (Lipinski definition) is 2. The Hall–Kier alpha value is -1.39. The number of benzene rings is 1. The number of nitrogens with one attached hydrogen (secondary N) is 1. The van der Waals surface area contributed by atoms with E-state index in [0.717, 1.165) is 25.8 Å². The third-order valence-electron chi connectivity index (χ3n) is 4.21. The molecule has 0 saturated heterocycles. The predicted molar refractivity (Wildman–Crippen MR) is 83.7 cm³/mol. The number of rotatable bonds is 7. The summed E-state index contributed by atoms with van der Waals surface area (Å²) in [5.74, 6) is 0.509. The van der Waals surface area contributed by atoms with Crippen molar-refractivity contribution in [2.24, 2.45) is 5.92 Å². The van der Waals surface area contributed by atoms with Crippen LogP contribution in [0.25, 0.3) is 0 Å². The van der Waals surface area contributed by atoms with Crippen LogP contribution in [-0.2, 0) is 11.3 Å². The maximum Gasteiger partial charge on any atom is 0.234 e. The monoisotopic (exact) mass is 290 g/mol. The number of hydrogen-bond acceptors (Lipinski definition) is 3. The SMILES string of the molecule is CCC(NC(=O)CN(C)Cc1ccccc1)C1CC(O)C1. The van der Waals surface area contributed by atoms with Gasteiger partial charge in [-0.15, -0.1) is 0 Å². The molecule has 1 aliphatic rings. The number of nitrogens with zero attached hydrogens (tertiary/aromatic N) is 1. The second kappa shape index (κ2) is 7.57. The minimum atomic E-state index is -0.165. The first-order chi connectivity index (χ1) is 10.1. The highest BCUT2D eigenvalue weighted by atomic mass is 16.3. The van der Waals surface area contributed by atoms with E-state index in [1.807, 2.05) is 30.1 Å². The number of likely N-dealkylation sites (N-methyl/N-ethyl adjacent to an activating group) is 1. The van der Waals surface area contributed by atoms with Gasteiger partial charge in [0.2, 0.25) is 5.91 Å². The Kier molecular flexibility index (Phi) is 5.76. The molecule has 2 rings (SSSR count). The Morgan fingerprint density at radius 3 is 2.62 bits per heavy atom. The first kappa shape index (κ1) is 16.0. The number of carbonyl (C=O) groups is 1. The summed E-state index contributed by atoms with van der Waals surface area (Å²) in [6.07, 6.45) is 2.39. The van der Waals surface area contributed by atoms with Crippen LogP contribution in [0.15, 0.2) is 30.3 Å². The van der Waals surface area contributed by atoms with Crippen LogP contribution in [0.2, 0.25) is 0 Å². The molecule has 4 nitrogen and oxygen atoms in total. The lowest BCUT2D eigenvalue weighted by molar-refractivity contribution is -0.124. The molecular weight excluding hydrogens is 264 g/mol. The second-order valence-corrected chi connectivity index (χ2v) is 6.13. The molecule has 0 radical (unpaired) electrons. The fourth-order valence-electron chi connectivity index (χ4n) is 2.96. The van der Waals surface area contributed by atoms with Crippen molar-refractivity contribution in [2.45, 2.75) is 44.9 Å². The van der Waals surface area contributed by atoms with Crippen molar-refractivity contribution in [1.29, 1.82) is 0 Å². The second-order valence-electron chi connectivity index (χ2n) is 6.13. The number of amides is 1. The molecule has 0 heterocycles. The lowest BCUT2D eigenvalue weighted by Crippen LogP contribution is -2.48. The summed E-state index contributed by atoms with van der Waals surface area (Å²) >= 11 is 0. The van der Waals surface area contributed by atoms with E-state index in [-0.39, 0.29) is 18.1 Å². The fourth-order valence-corrected chi connectivity index (χ4v) is 2.96. The van der Waals surface area contributed by atoms with E-state index in [1.54, 1.807) is 0 Å². The average molecular weight is 290 g/mol. The van der Waals surface area contributed by atoms with Crippen LogP contribution in [-0.4, -0.2) is 41.7 Å². The van der Waals surface area contributed by atoms with E-state index in [0.29, 0.717) is 12.5 Å². The fraction of sp³-hybridized carbons (Fsp3) is 0.588. The van der Waals surface area contributed by atoms with Crippen molar-refractivity contribution >= 4 is 5.91 Å². The van der Waals surface area contributed by atoms with E-state index >= 15 is 0 Å². The van der Waals surface area contributed by atoms with Gasteiger partial charge in [0.25, 0.3) is 0 Å². The standard InChI is InChI=1S/C17H26N2O2/c1-3-16(14-9-15(20)10-14)18-17(21)12-19(2)11-13-7-5-4-6-8-13/h4-8,14-16,20H,3,9-12H2,1-2H3,(H,18,21). The number of aliphatic hydroxyl groups excluding tert-OH is 1. The van der Waals surface area contributed by atoms with Gasteiger partial charge in [0, 0.05) is 12.6 Å². The lowest BCUT2D eigenvalue weighted by Gasteiger charge is -2.37. The number of carbonyl (C=O) groups excluding carboxylic acids is 1. The summed E-state index contributed by atoms with van der Waals surface area (Å²) in [5, 5.41) is 12.5. The Bertz CT molecular complexity index is 443. The Labute approximate surface area is 127 Å². The van der Waals surface area contributed by atoms with Crippen LogP contribution in [0.3, 0.4) is 0 Å². The highest BCUT2D eigenvalue weighted by molar-refractivity contribution is 5.78. The zero-order chi connectivity index (χ0) is 15.2. The summed E-state index contributed by atoms with van der Waals surface area (Å²) in [6.45, 7) is 3.26. The Balaban J connectivity index is 1.75. The average Bonchev–Trinajstić information content (AvgIpc) is 2.42. The molecule has 0 bridgehead atoms. The van der Waals surface area contributed by atoms with Gasteiger partial charge in [0.05, 0.1) is 12.6 Å². The molecule has 1 aliphatic carbocycles. The topological polar surface area (TPSA) is 52.6 Å². The van der Waals surface area contributed by atoms with Gasteiger partial charge in [-0.25, -0.2) is 0 Å². The van der Waals surface area contributed by atoms with Crippen molar-refractivity contribution in [2.75, 3.05) is 13.6 Å². The third-order valence-corrected chi connectivity index (χ3v) is 4.21. The van der Waals surface area contributed by atoms with Crippen LogP contribution in [0.1, 0.15) is 31.7 Å². The van der Waals surface area contributed by atoms with Gasteiger partial charge in [-0.1, -0.05) is 37.3 Å². The van der Waals surface area contributed by atoms with Crippen LogP contribution < -0.4 is 5.32 Å². The summed E-state index contributed by atoms with van der Waals surface area (Å²) in [4.78, 5) is 14.1. The quantitative estimate of drug-likeness (QED) is 0.805. The first-order valence-electron chi connectivity index (χ1n) is 7.78. The Morgan fingerprint density at radius 2 is 2.05 bits per heavy atom. The van der Waals surface area contributed by atoms with Crippen molar-refractivity contribution < 1.29 is 9.90 Å². The highest BCUT2D eigenvalue weighted by Crippen LogP contribution is 2.31. The highest BCUT2D eigenvalue weighted by Gasteiger charge is 2.33. The van der Waals surface area contributed by atoms with Crippen molar-refractivity contribution in [3.63, 3.8) is 0 Å². The maximum absolute atomic E-state index is 12.1.